The van der Waals surface area contributed by atoms with Crippen LogP contribution in [0.2, 0.25) is 0 Å². The number of imide groups is 1. The van der Waals surface area contributed by atoms with Gasteiger partial charge >= 0.3 is 12.4 Å². The van der Waals surface area contributed by atoms with E-state index in [1.165, 1.54) is 24.4 Å². The minimum Gasteiger partial charge on any atom is -0.439 e. The number of rotatable bonds is 5. The highest BCUT2D eigenvalue weighted by Crippen LogP contribution is 2.32. The van der Waals surface area contributed by atoms with E-state index in [9.17, 15) is 22.8 Å². The predicted molar refractivity (Wildman–Crippen MR) is 92.2 cm³/mol. The molecule has 1 fully saturated rings. The van der Waals surface area contributed by atoms with Gasteiger partial charge in [0, 0.05) is 12.1 Å². The summed E-state index contributed by atoms with van der Waals surface area (Å²) in [6, 6.07) is 6.47. The van der Waals surface area contributed by atoms with Gasteiger partial charge in [0.25, 0.3) is 5.91 Å². The van der Waals surface area contributed by atoms with Crippen molar-refractivity contribution in [2.75, 3.05) is 4.90 Å². The van der Waals surface area contributed by atoms with Gasteiger partial charge in [-0.15, -0.1) is 13.2 Å². The summed E-state index contributed by atoms with van der Waals surface area (Å²) in [6.45, 7) is 1.76. The first-order valence-electron chi connectivity index (χ1n) is 8.30. The molecule has 0 spiro atoms. The zero-order valence-electron chi connectivity index (χ0n) is 14.9. The zero-order chi connectivity index (χ0) is 21.2. The molecule has 2 aromatic rings. The van der Waals surface area contributed by atoms with Crippen LogP contribution in [0.15, 0.2) is 36.5 Å². The fourth-order valence-corrected chi connectivity index (χ4v) is 2.61. The summed E-state index contributed by atoms with van der Waals surface area (Å²) in [5, 5.41) is 11.4. The molecule has 150 valence electrons. The van der Waals surface area contributed by atoms with Crippen LogP contribution in [0, 0.1) is 11.3 Å². The van der Waals surface area contributed by atoms with Gasteiger partial charge in [0.15, 0.2) is 5.75 Å². The molecule has 3 amide bonds. The van der Waals surface area contributed by atoms with Crippen molar-refractivity contribution in [1.82, 2.24) is 10.3 Å². The largest absolute Gasteiger partial charge is 0.573 e. The average molecular weight is 406 g/mol. The lowest BCUT2D eigenvalue weighted by molar-refractivity contribution is -0.274. The Bertz CT molecular complexity index is 986. The molecule has 1 atom stereocenters. The minimum atomic E-state index is -4.97. The number of urea groups is 1. The summed E-state index contributed by atoms with van der Waals surface area (Å²) >= 11 is 0. The van der Waals surface area contributed by atoms with Crippen LogP contribution in [0.5, 0.6) is 17.4 Å². The molecule has 1 aromatic carbocycles. The van der Waals surface area contributed by atoms with Crippen molar-refractivity contribution in [3.05, 3.63) is 42.1 Å². The number of alkyl halides is 3. The number of hydrogen-bond donors (Lipinski definition) is 1. The average Bonchev–Trinajstić information content (AvgIpc) is 2.95. The molecule has 11 heteroatoms. The summed E-state index contributed by atoms with van der Waals surface area (Å²) in [7, 11) is 0. The highest BCUT2D eigenvalue weighted by molar-refractivity contribution is 6.21. The molecular weight excluding hydrogens is 393 g/mol. The third kappa shape index (κ3) is 4.37. The van der Waals surface area contributed by atoms with Crippen molar-refractivity contribution in [3.8, 4) is 23.4 Å². The van der Waals surface area contributed by atoms with E-state index in [0.29, 0.717) is 6.42 Å². The number of aromatic nitrogens is 1. The molecule has 8 nitrogen and oxygen atoms in total. The van der Waals surface area contributed by atoms with Gasteiger partial charge in [0.05, 0.1) is 17.4 Å². The Labute approximate surface area is 162 Å². The molecule has 2 heterocycles. The normalized spacial score (nSPS) is 16.4. The van der Waals surface area contributed by atoms with Gasteiger partial charge in [0.1, 0.15) is 17.9 Å². The van der Waals surface area contributed by atoms with E-state index in [0.717, 1.165) is 17.0 Å². The lowest BCUT2D eigenvalue weighted by Gasteiger charge is -2.14. The SMILES string of the molecule is CCC1NC(=O)N(c2ccc(Oc3ccc(C#N)c(OC(F)(F)F)c3)nc2)C1=O. The van der Waals surface area contributed by atoms with Gasteiger partial charge in [-0.25, -0.2) is 14.7 Å². The van der Waals surface area contributed by atoms with E-state index in [1.807, 2.05) is 0 Å². The van der Waals surface area contributed by atoms with Crippen molar-refractivity contribution in [2.45, 2.75) is 25.7 Å². The Balaban J connectivity index is 1.78. The number of nitriles is 1. The Hall–Kier alpha value is -3.81. The second-order valence-corrected chi connectivity index (χ2v) is 5.86. The van der Waals surface area contributed by atoms with E-state index in [4.69, 9.17) is 10.00 Å². The van der Waals surface area contributed by atoms with Gasteiger partial charge in [-0.2, -0.15) is 5.26 Å². The number of carbonyl (C=O) groups excluding carboxylic acids is 2. The van der Waals surface area contributed by atoms with E-state index >= 15 is 0 Å². The van der Waals surface area contributed by atoms with Gasteiger partial charge in [-0.1, -0.05) is 6.92 Å². The second kappa shape index (κ2) is 7.67. The lowest BCUT2D eigenvalue weighted by atomic mass is 10.2. The number of nitrogens with one attached hydrogen (secondary N) is 1. The summed E-state index contributed by atoms with van der Waals surface area (Å²) in [5.74, 6) is -1.17. The molecule has 1 aliphatic rings. The van der Waals surface area contributed by atoms with Crippen LogP contribution in [0.3, 0.4) is 0 Å². The molecule has 29 heavy (non-hydrogen) atoms. The topological polar surface area (TPSA) is 105 Å². The van der Waals surface area contributed by atoms with Crippen molar-refractivity contribution in [3.63, 3.8) is 0 Å². The van der Waals surface area contributed by atoms with Gasteiger partial charge in [0.2, 0.25) is 5.88 Å². The fourth-order valence-electron chi connectivity index (χ4n) is 2.61. The first-order valence-corrected chi connectivity index (χ1v) is 8.30. The monoisotopic (exact) mass is 406 g/mol. The maximum atomic E-state index is 12.5. The molecule has 0 radical (unpaired) electrons. The van der Waals surface area contributed by atoms with Crippen LogP contribution >= 0.6 is 0 Å². The van der Waals surface area contributed by atoms with Crippen molar-refractivity contribution >= 4 is 17.6 Å². The highest BCUT2D eigenvalue weighted by Gasteiger charge is 2.38. The number of anilines is 1. The molecule has 1 aliphatic heterocycles. The molecular formula is C18H13F3N4O4. The number of ether oxygens (including phenoxy) is 2. The van der Waals surface area contributed by atoms with E-state index in [2.05, 4.69) is 15.0 Å². The molecule has 0 saturated carbocycles. The predicted octanol–water partition coefficient (Wildman–Crippen LogP) is 3.48. The van der Waals surface area contributed by atoms with Crippen LogP contribution in [0.25, 0.3) is 0 Å². The number of benzene rings is 1. The van der Waals surface area contributed by atoms with Crippen molar-refractivity contribution in [1.29, 1.82) is 5.26 Å². The van der Waals surface area contributed by atoms with Gasteiger partial charge < -0.3 is 14.8 Å². The van der Waals surface area contributed by atoms with Crippen LogP contribution < -0.4 is 19.7 Å². The smallest absolute Gasteiger partial charge is 0.439 e. The third-order valence-electron chi connectivity index (χ3n) is 3.93. The molecule has 1 saturated heterocycles. The molecule has 3 rings (SSSR count). The fraction of sp³-hybridized carbons (Fsp3) is 0.222. The number of halogens is 3. The Morgan fingerprint density at radius 2 is 2.03 bits per heavy atom. The summed E-state index contributed by atoms with van der Waals surface area (Å²) in [6.07, 6.45) is -3.30. The van der Waals surface area contributed by atoms with Crippen LogP contribution in [-0.2, 0) is 4.79 Å². The second-order valence-electron chi connectivity index (χ2n) is 5.86. The first kappa shape index (κ1) is 19.9. The van der Waals surface area contributed by atoms with Crippen LogP contribution in [0.4, 0.5) is 23.7 Å². The van der Waals surface area contributed by atoms with Crippen molar-refractivity contribution < 1.29 is 32.2 Å². The van der Waals surface area contributed by atoms with E-state index in [1.54, 1.807) is 13.0 Å². The molecule has 1 aromatic heterocycles. The van der Waals surface area contributed by atoms with E-state index < -0.39 is 30.1 Å². The van der Waals surface area contributed by atoms with Crippen LogP contribution in [-0.4, -0.2) is 29.3 Å². The maximum Gasteiger partial charge on any atom is 0.573 e. The summed E-state index contributed by atoms with van der Waals surface area (Å²) < 4.78 is 46.6. The third-order valence-corrected chi connectivity index (χ3v) is 3.93. The standard InChI is InChI=1S/C18H13F3N4O4/c1-2-13-16(26)25(17(27)24-13)11-4-6-15(23-9-11)28-12-5-3-10(8-22)14(7-12)29-18(19,20)21/h3-7,9,13H,2H2,1H3,(H,24,27). The highest BCUT2D eigenvalue weighted by atomic mass is 19.4. The minimum absolute atomic E-state index is 0.00416. The summed E-state index contributed by atoms with van der Waals surface area (Å²) in [4.78, 5) is 29.0. The molecule has 1 unspecified atom stereocenters. The quantitative estimate of drug-likeness (QED) is 0.763. The Morgan fingerprint density at radius 3 is 2.59 bits per heavy atom. The number of carbonyl (C=O) groups is 2. The summed E-state index contributed by atoms with van der Waals surface area (Å²) in [5.41, 5.74) is -0.0984. The lowest BCUT2D eigenvalue weighted by Crippen LogP contribution is -2.31. The van der Waals surface area contributed by atoms with Gasteiger partial charge in [-0.3, -0.25) is 4.79 Å². The number of hydrogen-bond acceptors (Lipinski definition) is 6. The van der Waals surface area contributed by atoms with E-state index in [-0.39, 0.29) is 22.9 Å². The Kier molecular flexibility index (Phi) is 5.27. The molecule has 0 bridgehead atoms. The van der Waals surface area contributed by atoms with Gasteiger partial charge in [-0.05, 0) is 24.6 Å². The molecule has 1 N–H and O–H groups in total. The number of pyridine rings is 1. The maximum absolute atomic E-state index is 12.5. The zero-order valence-corrected chi connectivity index (χ0v) is 14.9. The number of nitrogens with zero attached hydrogens (tertiary/aromatic N) is 3. The first-order chi connectivity index (χ1) is 13.7. The van der Waals surface area contributed by atoms with Crippen LogP contribution in [0.1, 0.15) is 18.9 Å². The Morgan fingerprint density at radius 1 is 1.28 bits per heavy atom. The molecule has 0 aliphatic carbocycles. The van der Waals surface area contributed by atoms with Crippen molar-refractivity contribution in [2.24, 2.45) is 0 Å². The number of amides is 3.